The number of hydrogen-bond acceptors (Lipinski definition) is 4. The molecule has 2 aliphatic carbocycles. The van der Waals surface area contributed by atoms with E-state index in [-0.39, 0.29) is 34.1 Å². The van der Waals surface area contributed by atoms with E-state index in [4.69, 9.17) is 0 Å². The molecule has 0 fully saturated rings. The lowest BCUT2D eigenvalue weighted by molar-refractivity contribution is -0.119. The smallest absolute Gasteiger partial charge is 0.162 e. The number of benzene rings is 1. The number of phenols is 1. The van der Waals surface area contributed by atoms with Crippen molar-refractivity contribution in [2.24, 2.45) is 10.8 Å². The van der Waals surface area contributed by atoms with E-state index in [1.54, 1.807) is 12.1 Å². The molecule has 1 aromatic carbocycles. The largest absolute Gasteiger partial charge is 0.508 e. The first-order valence-electron chi connectivity index (χ1n) is 10.0. The van der Waals surface area contributed by atoms with Gasteiger partial charge in [-0.2, -0.15) is 0 Å². The number of carbonyl (C=O) groups is 2. The van der Waals surface area contributed by atoms with Crippen LogP contribution in [-0.2, 0) is 9.59 Å². The molecule has 0 amide bonds. The van der Waals surface area contributed by atoms with Crippen molar-refractivity contribution in [3.63, 3.8) is 0 Å². The van der Waals surface area contributed by atoms with E-state index < -0.39 is 0 Å². The minimum absolute atomic E-state index is 0.0874. The van der Waals surface area contributed by atoms with E-state index in [9.17, 15) is 14.7 Å². The van der Waals surface area contributed by atoms with Crippen molar-refractivity contribution in [3.8, 4) is 5.75 Å². The summed E-state index contributed by atoms with van der Waals surface area (Å²) in [6.07, 6.45) is 2.64. The molecule has 4 rings (SSSR count). The first kappa shape index (κ1) is 19.0. The SMILES string of the molecule is CN1C2=C(C(=O)CC(C)(C)C2)C(c2ccc(O)cc2)C2=C1CC(C)(C)CC2=O. The average Bonchev–Trinajstić information content (AvgIpc) is 2.56. The van der Waals surface area contributed by atoms with Crippen LogP contribution >= 0.6 is 0 Å². The molecule has 0 atom stereocenters. The minimum Gasteiger partial charge on any atom is -0.508 e. The van der Waals surface area contributed by atoms with Crippen LogP contribution in [0.5, 0.6) is 5.75 Å². The Morgan fingerprint density at radius 2 is 1.25 bits per heavy atom. The lowest BCUT2D eigenvalue weighted by Crippen LogP contribution is -2.43. The molecule has 0 saturated carbocycles. The van der Waals surface area contributed by atoms with Crippen LogP contribution in [0.3, 0.4) is 0 Å². The summed E-state index contributed by atoms with van der Waals surface area (Å²) in [5.74, 6) is 0.141. The topological polar surface area (TPSA) is 57.6 Å². The number of carbonyl (C=O) groups excluding carboxylic acids is 2. The third-order valence-electron chi connectivity index (χ3n) is 6.41. The van der Waals surface area contributed by atoms with Crippen molar-refractivity contribution in [1.29, 1.82) is 0 Å². The monoisotopic (exact) mass is 379 g/mol. The van der Waals surface area contributed by atoms with Crippen molar-refractivity contribution >= 4 is 11.6 Å². The van der Waals surface area contributed by atoms with Gasteiger partial charge in [0, 0.05) is 48.3 Å². The Morgan fingerprint density at radius 1 is 0.821 bits per heavy atom. The van der Waals surface area contributed by atoms with Crippen LogP contribution in [0.2, 0.25) is 0 Å². The third-order valence-corrected chi connectivity index (χ3v) is 6.41. The summed E-state index contributed by atoms with van der Waals surface area (Å²) in [7, 11) is 2.01. The molecule has 3 aliphatic rings. The summed E-state index contributed by atoms with van der Waals surface area (Å²) in [5.41, 5.74) is 4.41. The maximum Gasteiger partial charge on any atom is 0.162 e. The van der Waals surface area contributed by atoms with Gasteiger partial charge in [0.15, 0.2) is 11.6 Å². The first-order valence-corrected chi connectivity index (χ1v) is 10.0. The van der Waals surface area contributed by atoms with E-state index in [1.165, 1.54) is 0 Å². The molecule has 1 aliphatic heterocycles. The van der Waals surface area contributed by atoms with E-state index in [0.29, 0.717) is 12.8 Å². The van der Waals surface area contributed by atoms with E-state index >= 15 is 0 Å². The molecule has 148 valence electrons. The van der Waals surface area contributed by atoms with Crippen LogP contribution in [0.4, 0.5) is 0 Å². The summed E-state index contributed by atoms with van der Waals surface area (Å²) < 4.78 is 0. The molecule has 1 aromatic rings. The molecule has 0 spiro atoms. The van der Waals surface area contributed by atoms with E-state index in [2.05, 4.69) is 32.6 Å². The van der Waals surface area contributed by atoms with Gasteiger partial charge in [-0.15, -0.1) is 0 Å². The van der Waals surface area contributed by atoms with Gasteiger partial charge in [0.1, 0.15) is 5.75 Å². The number of Topliss-reactive ketones (excluding diaryl/α,β-unsaturated/α-hetero) is 2. The summed E-state index contributed by atoms with van der Waals surface area (Å²) in [5, 5.41) is 9.74. The first-order chi connectivity index (χ1) is 13.0. The second-order valence-electron chi connectivity index (χ2n) is 10.2. The van der Waals surface area contributed by atoms with E-state index in [1.807, 2.05) is 19.2 Å². The molecule has 0 bridgehead atoms. The lowest BCUT2D eigenvalue weighted by Gasteiger charge is -2.47. The van der Waals surface area contributed by atoms with Crippen molar-refractivity contribution in [1.82, 2.24) is 4.90 Å². The van der Waals surface area contributed by atoms with E-state index in [0.717, 1.165) is 40.9 Å². The molecule has 1 N–H and O–H groups in total. The number of allylic oxidation sites excluding steroid dienone is 4. The van der Waals surface area contributed by atoms with Gasteiger partial charge in [-0.1, -0.05) is 39.8 Å². The highest BCUT2D eigenvalue weighted by atomic mass is 16.3. The van der Waals surface area contributed by atoms with Gasteiger partial charge in [0.2, 0.25) is 0 Å². The molecular formula is C24H29NO3. The third kappa shape index (κ3) is 2.99. The molecule has 4 nitrogen and oxygen atoms in total. The maximum atomic E-state index is 13.3. The van der Waals surface area contributed by atoms with Crippen LogP contribution < -0.4 is 0 Å². The number of aromatic hydroxyl groups is 1. The quantitative estimate of drug-likeness (QED) is 0.768. The number of nitrogens with zero attached hydrogens (tertiary/aromatic N) is 1. The molecule has 4 heteroatoms. The predicted molar refractivity (Wildman–Crippen MR) is 109 cm³/mol. The number of phenolic OH excluding ortho intramolecular Hbond substituents is 1. The summed E-state index contributed by atoms with van der Waals surface area (Å²) >= 11 is 0. The van der Waals surface area contributed by atoms with Gasteiger partial charge < -0.3 is 10.0 Å². The summed E-state index contributed by atoms with van der Waals surface area (Å²) in [6.45, 7) is 8.55. The van der Waals surface area contributed by atoms with Gasteiger partial charge in [-0.3, -0.25) is 9.59 Å². The second-order valence-corrected chi connectivity index (χ2v) is 10.2. The zero-order valence-corrected chi connectivity index (χ0v) is 17.4. The fourth-order valence-electron chi connectivity index (χ4n) is 5.16. The molecular weight excluding hydrogens is 350 g/mol. The molecule has 0 unspecified atom stereocenters. The number of ketones is 2. The molecule has 0 aromatic heterocycles. The van der Waals surface area contributed by atoms with Crippen LogP contribution in [-0.4, -0.2) is 28.6 Å². The molecule has 1 heterocycles. The zero-order chi connectivity index (χ0) is 20.4. The van der Waals surface area contributed by atoms with Crippen molar-refractivity contribution < 1.29 is 14.7 Å². The highest BCUT2D eigenvalue weighted by Crippen LogP contribution is 2.53. The summed E-state index contributed by atoms with van der Waals surface area (Å²) in [4.78, 5) is 28.7. The average molecular weight is 380 g/mol. The number of rotatable bonds is 1. The molecule has 0 radical (unpaired) electrons. The highest BCUT2D eigenvalue weighted by molar-refractivity contribution is 6.06. The highest BCUT2D eigenvalue weighted by Gasteiger charge is 2.48. The van der Waals surface area contributed by atoms with Gasteiger partial charge in [-0.05, 0) is 41.4 Å². The van der Waals surface area contributed by atoms with Gasteiger partial charge in [0.05, 0.1) is 0 Å². The Bertz CT molecular complexity index is 877. The molecule has 28 heavy (non-hydrogen) atoms. The van der Waals surface area contributed by atoms with Crippen LogP contribution in [0.25, 0.3) is 0 Å². The Balaban J connectivity index is 1.96. The van der Waals surface area contributed by atoms with Crippen LogP contribution in [0.1, 0.15) is 64.9 Å². The van der Waals surface area contributed by atoms with Gasteiger partial charge in [-0.25, -0.2) is 0 Å². The predicted octanol–water partition coefficient (Wildman–Crippen LogP) is 4.71. The summed E-state index contributed by atoms with van der Waals surface area (Å²) in [6, 6.07) is 6.98. The normalized spacial score (nSPS) is 24.4. The second kappa shape index (κ2) is 6.07. The van der Waals surface area contributed by atoms with Gasteiger partial charge >= 0.3 is 0 Å². The van der Waals surface area contributed by atoms with Crippen molar-refractivity contribution in [2.45, 2.75) is 59.3 Å². The van der Waals surface area contributed by atoms with Crippen LogP contribution in [0.15, 0.2) is 46.8 Å². The fraction of sp³-hybridized carbons (Fsp3) is 0.500. The lowest BCUT2D eigenvalue weighted by atomic mass is 9.64. The van der Waals surface area contributed by atoms with Crippen molar-refractivity contribution in [3.05, 3.63) is 52.4 Å². The Hall–Kier alpha value is -2.36. The fourth-order valence-corrected chi connectivity index (χ4v) is 5.16. The Labute approximate surface area is 166 Å². The minimum atomic E-state index is -0.325. The zero-order valence-electron chi connectivity index (χ0n) is 17.4. The maximum absolute atomic E-state index is 13.3. The standard InChI is InChI=1S/C24H29NO3/c1-23(2)10-16-21(18(27)12-23)20(14-6-8-15(26)9-7-14)22-17(25(16)5)11-24(3,4)13-19(22)28/h6-9,20,26H,10-13H2,1-5H3. The Morgan fingerprint density at radius 3 is 1.68 bits per heavy atom. The Kier molecular flexibility index (Phi) is 4.11. The van der Waals surface area contributed by atoms with Crippen LogP contribution in [0, 0.1) is 10.8 Å². The number of hydrogen-bond donors (Lipinski definition) is 1. The van der Waals surface area contributed by atoms with Crippen molar-refractivity contribution in [2.75, 3.05) is 7.05 Å². The van der Waals surface area contributed by atoms with Gasteiger partial charge in [0.25, 0.3) is 0 Å². The molecule has 0 saturated heterocycles.